The number of thioether (sulfide) groups is 1. The van der Waals surface area contributed by atoms with Gasteiger partial charge in [-0.25, -0.2) is 0 Å². The van der Waals surface area contributed by atoms with Crippen molar-refractivity contribution >= 4 is 11.8 Å². The van der Waals surface area contributed by atoms with Crippen LogP contribution in [0.3, 0.4) is 0 Å². The van der Waals surface area contributed by atoms with Crippen LogP contribution >= 0.6 is 11.8 Å². The molecule has 1 saturated heterocycles. The molecule has 1 rings (SSSR count). The van der Waals surface area contributed by atoms with Gasteiger partial charge in [-0.15, -0.1) is 11.8 Å². The molecule has 1 aliphatic heterocycles. The van der Waals surface area contributed by atoms with Gasteiger partial charge < -0.3 is 20.1 Å². The Morgan fingerprint density at radius 1 is 1.27 bits per heavy atom. The second kappa shape index (κ2) is 3.73. The molecule has 0 amide bonds. The van der Waals surface area contributed by atoms with E-state index in [1.807, 2.05) is 0 Å². The van der Waals surface area contributed by atoms with Gasteiger partial charge in [0.2, 0.25) is 0 Å². The summed E-state index contributed by atoms with van der Waals surface area (Å²) in [6.07, 6.45) is -2.92. The SMILES string of the molecule is CO[C@@H]1SC[C@@H](O)[C@@H](O)[C@@H]1O. The van der Waals surface area contributed by atoms with Crippen LogP contribution in [0.4, 0.5) is 0 Å². The van der Waals surface area contributed by atoms with Crippen molar-refractivity contribution in [3.63, 3.8) is 0 Å². The largest absolute Gasteiger partial charge is 0.389 e. The summed E-state index contributed by atoms with van der Waals surface area (Å²) in [5.74, 6) is 0.400. The number of aliphatic hydroxyl groups excluding tert-OH is 3. The Hall–Kier alpha value is 0.190. The second-order valence-electron chi connectivity index (χ2n) is 2.49. The quantitative estimate of drug-likeness (QED) is 0.472. The molecule has 1 heterocycles. The summed E-state index contributed by atoms with van der Waals surface area (Å²) in [6, 6.07) is 0. The Kier molecular flexibility index (Phi) is 3.15. The number of hydrogen-bond donors (Lipinski definition) is 3. The van der Waals surface area contributed by atoms with Crippen molar-refractivity contribution < 1.29 is 20.1 Å². The summed E-state index contributed by atoms with van der Waals surface area (Å²) in [7, 11) is 1.46. The van der Waals surface area contributed by atoms with E-state index in [9.17, 15) is 5.11 Å². The average molecular weight is 180 g/mol. The van der Waals surface area contributed by atoms with E-state index in [1.54, 1.807) is 0 Å². The van der Waals surface area contributed by atoms with Crippen molar-refractivity contribution in [2.45, 2.75) is 23.7 Å². The van der Waals surface area contributed by atoms with Crippen molar-refractivity contribution in [2.75, 3.05) is 12.9 Å². The minimum atomic E-state index is -1.08. The smallest absolute Gasteiger partial charge is 0.131 e. The summed E-state index contributed by atoms with van der Waals surface area (Å²) < 4.78 is 4.86. The van der Waals surface area contributed by atoms with Crippen molar-refractivity contribution in [3.05, 3.63) is 0 Å². The maximum Gasteiger partial charge on any atom is 0.131 e. The maximum absolute atomic E-state index is 9.25. The number of rotatable bonds is 1. The van der Waals surface area contributed by atoms with Gasteiger partial charge >= 0.3 is 0 Å². The molecule has 0 aromatic rings. The first-order valence-electron chi connectivity index (χ1n) is 3.35. The fraction of sp³-hybridized carbons (Fsp3) is 1.00. The first-order valence-corrected chi connectivity index (χ1v) is 4.40. The fourth-order valence-electron chi connectivity index (χ4n) is 0.987. The molecule has 11 heavy (non-hydrogen) atoms. The summed E-state index contributed by atoms with van der Waals surface area (Å²) >= 11 is 1.30. The lowest BCUT2D eigenvalue weighted by Gasteiger charge is -2.33. The molecule has 0 radical (unpaired) electrons. The third-order valence-electron chi connectivity index (χ3n) is 1.69. The van der Waals surface area contributed by atoms with Crippen LogP contribution < -0.4 is 0 Å². The average Bonchev–Trinajstić information content (AvgIpc) is 2.01. The Bertz CT molecular complexity index is 130. The molecule has 0 unspecified atom stereocenters. The molecule has 5 heteroatoms. The molecule has 66 valence electrons. The van der Waals surface area contributed by atoms with Crippen LogP contribution in [-0.4, -0.2) is 51.9 Å². The first kappa shape index (κ1) is 9.28. The zero-order chi connectivity index (χ0) is 8.43. The van der Waals surface area contributed by atoms with Gasteiger partial charge in [0.05, 0.1) is 6.10 Å². The molecule has 1 fully saturated rings. The van der Waals surface area contributed by atoms with Gasteiger partial charge in [0.15, 0.2) is 0 Å². The zero-order valence-electron chi connectivity index (χ0n) is 6.17. The van der Waals surface area contributed by atoms with Crippen molar-refractivity contribution in [1.29, 1.82) is 0 Å². The topological polar surface area (TPSA) is 69.9 Å². The van der Waals surface area contributed by atoms with Gasteiger partial charge in [0, 0.05) is 12.9 Å². The number of ether oxygens (including phenoxy) is 1. The second-order valence-corrected chi connectivity index (χ2v) is 3.62. The highest BCUT2D eigenvalue weighted by atomic mass is 32.2. The lowest BCUT2D eigenvalue weighted by atomic mass is 10.1. The van der Waals surface area contributed by atoms with Crippen LogP contribution in [0.15, 0.2) is 0 Å². The normalized spacial score (nSPS) is 45.8. The molecule has 4 nitrogen and oxygen atoms in total. The number of methoxy groups -OCH3 is 1. The predicted molar refractivity (Wildman–Crippen MR) is 41.3 cm³/mol. The van der Waals surface area contributed by atoms with Crippen LogP contribution in [-0.2, 0) is 4.74 Å². The fourth-order valence-corrected chi connectivity index (χ4v) is 2.06. The number of hydrogen-bond acceptors (Lipinski definition) is 5. The highest BCUT2D eigenvalue weighted by molar-refractivity contribution is 7.99. The number of aliphatic hydroxyl groups is 3. The predicted octanol–water partition coefficient (Wildman–Crippen LogP) is -1.21. The molecular weight excluding hydrogens is 168 g/mol. The highest BCUT2D eigenvalue weighted by Gasteiger charge is 2.36. The van der Waals surface area contributed by atoms with Crippen LogP contribution in [0.1, 0.15) is 0 Å². The van der Waals surface area contributed by atoms with Gasteiger partial charge in [-0.2, -0.15) is 0 Å². The van der Waals surface area contributed by atoms with Crippen LogP contribution in [0, 0.1) is 0 Å². The van der Waals surface area contributed by atoms with Crippen LogP contribution in [0.2, 0.25) is 0 Å². The maximum atomic E-state index is 9.25. The summed E-state index contributed by atoms with van der Waals surface area (Å²) in [6.45, 7) is 0. The van der Waals surface area contributed by atoms with Gasteiger partial charge in [0.25, 0.3) is 0 Å². The van der Waals surface area contributed by atoms with Crippen LogP contribution in [0.25, 0.3) is 0 Å². The van der Waals surface area contributed by atoms with Crippen molar-refractivity contribution in [1.82, 2.24) is 0 Å². The summed E-state index contributed by atoms with van der Waals surface area (Å²) in [5.41, 5.74) is -0.423. The third kappa shape index (κ3) is 1.86. The lowest BCUT2D eigenvalue weighted by molar-refractivity contribution is -0.0911. The molecule has 1 aliphatic rings. The molecule has 0 aromatic carbocycles. The molecule has 0 saturated carbocycles. The first-order chi connectivity index (χ1) is 5.16. The van der Waals surface area contributed by atoms with Crippen LogP contribution in [0.5, 0.6) is 0 Å². The Balaban J connectivity index is 2.52. The third-order valence-corrected chi connectivity index (χ3v) is 3.02. The highest BCUT2D eigenvalue weighted by Crippen LogP contribution is 2.26. The summed E-state index contributed by atoms with van der Waals surface area (Å²) in [5, 5.41) is 27.5. The Labute approximate surface area is 69.2 Å². The molecule has 0 aliphatic carbocycles. The van der Waals surface area contributed by atoms with E-state index in [0.717, 1.165) is 0 Å². The van der Waals surface area contributed by atoms with Gasteiger partial charge in [-0.05, 0) is 0 Å². The van der Waals surface area contributed by atoms with E-state index < -0.39 is 23.7 Å². The monoisotopic (exact) mass is 180 g/mol. The van der Waals surface area contributed by atoms with E-state index in [4.69, 9.17) is 14.9 Å². The molecule has 0 bridgehead atoms. The standard InChI is InChI=1S/C6H12O4S/c1-10-6-5(9)4(8)3(7)2-11-6/h3-9H,2H2,1H3/t3-,4-,5+,6-/m1/s1. The van der Waals surface area contributed by atoms with E-state index >= 15 is 0 Å². The van der Waals surface area contributed by atoms with Gasteiger partial charge in [-0.3, -0.25) is 0 Å². The van der Waals surface area contributed by atoms with E-state index in [-0.39, 0.29) is 0 Å². The van der Waals surface area contributed by atoms with Gasteiger partial charge in [-0.1, -0.05) is 0 Å². The molecule has 0 aromatic heterocycles. The lowest BCUT2D eigenvalue weighted by Crippen LogP contribution is -2.49. The van der Waals surface area contributed by atoms with Crippen molar-refractivity contribution in [2.24, 2.45) is 0 Å². The minimum Gasteiger partial charge on any atom is -0.389 e. The van der Waals surface area contributed by atoms with Crippen molar-refractivity contribution in [3.8, 4) is 0 Å². The van der Waals surface area contributed by atoms with Gasteiger partial charge in [0.1, 0.15) is 17.6 Å². The van der Waals surface area contributed by atoms with E-state index in [0.29, 0.717) is 5.75 Å². The molecule has 3 N–H and O–H groups in total. The summed E-state index contributed by atoms with van der Waals surface area (Å²) in [4.78, 5) is 0. The Morgan fingerprint density at radius 2 is 1.91 bits per heavy atom. The minimum absolute atomic E-state index is 0.400. The zero-order valence-corrected chi connectivity index (χ0v) is 6.99. The van der Waals surface area contributed by atoms with E-state index in [1.165, 1.54) is 18.9 Å². The Morgan fingerprint density at radius 3 is 2.45 bits per heavy atom. The molecular formula is C6H12O4S. The van der Waals surface area contributed by atoms with E-state index in [2.05, 4.69) is 0 Å². The molecule has 0 spiro atoms. The molecule has 4 atom stereocenters.